The zero-order valence-electron chi connectivity index (χ0n) is 9.57. The molecular formula is C10H13N5O2. The Labute approximate surface area is 97.4 Å². The quantitative estimate of drug-likeness (QED) is 0.718. The Morgan fingerprint density at radius 3 is 2.88 bits per heavy atom. The Morgan fingerprint density at radius 1 is 1.59 bits per heavy atom. The molecule has 2 heterocycles. The van der Waals surface area contributed by atoms with Crippen LogP contribution >= 0.6 is 0 Å². The first-order valence-electron chi connectivity index (χ1n) is 5.08. The summed E-state index contributed by atoms with van der Waals surface area (Å²) in [6.07, 6.45) is 1.59. The lowest BCUT2D eigenvalue weighted by atomic mass is 10.3. The maximum Gasteiger partial charge on any atom is 0.274 e. The van der Waals surface area contributed by atoms with Gasteiger partial charge in [0.15, 0.2) is 5.69 Å². The van der Waals surface area contributed by atoms with E-state index < -0.39 is 0 Å². The zero-order chi connectivity index (χ0) is 12.4. The van der Waals surface area contributed by atoms with E-state index in [-0.39, 0.29) is 18.1 Å². The molecule has 0 unspecified atom stereocenters. The number of H-pyrrole nitrogens is 1. The summed E-state index contributed by atoms with van der Waals surface area (Å²) in [6.45, 7) is 3.74. The molecule has 0 saturated carbocycles. The van der Waals surface area contributed by atoms with Gasteiger partial charge in [-0.15, -0.1) is 0 Å². The molecule has 2 rings (SSSR count). The van der Waals surface area contributed by atoms with Crippen LogP contribution in [0.4, 0.5) is 5.69 Å². The molecule has 1 amide bonds. The van der Waals surface area contributed by atoms with Crippen molar-refractivity contribution in [2.75, 3.05) is 5.73 Å². The fourth-order valence-electron chi connectivity index (χ4n) is 1.33. The molecule has 2 aromatic heterocycles. The van der Waals surface area contributed by atoms with Gasteiger partial charge in [0.05, 0.1) is 24.1 Å². The molecule has 17 heavy (non-hydrogen) atoms. The number of aryl methyl sites for hydroxylation is 2. The number of carbonyl (C=O) groups is 1. The zero-order valence-corrected chi connectivity index (χ0v) is 9.57. The highest BCUT2D eigenvalue weighted by atomic mass is 16.4. The molecule has 4 N–H and O–H groups in total. The number of oxazole rings is 1. The summed E-state index contributed by atoms with van der Waals surface area (Å²) in [4.78, 5) is 15.7. The second kappa shape index (κ2) is 4.28. The Balaban J connectivity index is 2.00. The monoisotopic (exact) mass is 235 g/mol. The summed E-state index contributed by atoms with van der Waals surface area (Å²) in [6, 6.07) is 0. The van der Waals surface area contributed by atoms with E-state index in [0.29, 0.717) is 23.0 Å². The minimum absolute atomic E-state index is 0.186. The number of hydrogen-bond acceptors (Lipinski definition) is 5. The van der Waals surface area contributed by atoms with Crippen LogP contribution in [0, 0.1) is 13.8 Å². The van der Waals surface area contributed by atoms with Gasteiger partial charge < -0.3 is 15.5 Å². The van der Waals surface area contributed by atoms with Crippen LogP contribution in [0.25, 0.3) is 0 Å². The van der Waals surface area contributed by atoms with E-state index in [1.165, 1.54) is 0 Å². The molecule has 2 aromatic rings. The molecule has 0 bridgehead atoms. The first kappa shape index (κ1) is 11.2. The smallest absolute Gasteiger partial charge is 0.274 e. The van der Waals surface area contributed by atoms with E-state index in [1.807, 2.05) is 0 Å². The van der Waals surface area contributed by atoms with Crippen molar-refractivity contribution in [3.63, 3.8) is 0 Å². The number of nitrogens with two attached hydrogens (primary N) is 1. The van der Waals surface area contributed by atoms with Crippen molar-refractivity contribution >= 4 is 11.6 Å². The maximum atomic E-state index is 11.7. The Kier molecular flexibility index (Phi) is 2.82. The number of anilines is 1. The topological polar surface area (TPSA) is 110 Å². The number of nitrogens with zero attached hydrogens (tertiary/aromatic N) is 2. The van der Waals surface area contributed by atoms with Gasteiger partial charge in [0.1, 0.15) is 5.76 Å². The lowest BCUT2D eigenvalue weighted by molar-refractivity contribution is 0.0943. The van der Waals surface area contributed by atoms with E-state index in [1.54, 1.807) is 20.0 Å². The molecule has 7 nitrogen and oxygen atoms in total. The van der Waals surface area contributed by atoms with Crippen molar-refractivity contribution in [2.24, 2.45) is 0 Å². The minimum atomic E-state index is -0.359. The summed E-state index contributed by atoms with van der Waals surface area (Å²) in [5.74, 6) is 0.786. The third kappa shape index (κ3) is 2.27. The van der Waals surface area contributed by atoms with E-state index in [0.717, 1.165) is 0 Å². The summed E-state index contributed by atoms with van der Waals surface area (Å²) in [5, 5.41) is 9.09. The van der Waals surface area contributed by atoms with E-state index in [2.05, 4.69) is 20.5 Å². The fourth-order valence-corrected chi connectivity index (χ4v) is 1.33. The van der Waals surface area contributed by atoms with Crippen molar-refractivity contribution < 1.29 is 9.21 Å². The van der Waals surface area contributed by atoms with Crippen LogP contribution in [-0.4, -0.2) is 21.1 Å². The number of hydrogen-bond donors (Lipinski definition) is 3. The number of amides is 1. The third-order valence-corrected chi connectivity index (χ3v) is 2.28. The Bertz CT molecular complexity index is 543. The van der Waals surface area contributed by atoms with E-state index in [9.17, 15) is 4.79 Å². The molecule has 0 fully saturated rings. The van der Waals surface area contributed by atoms with Gasteiger partial charge in [0, 0.05) is 0 Å². The molecule has 0 aliphatic carbocycles. The number of aromatic amines is 1. The van der Waals surface area contributed by atoms with Crippen molar-refractivity contribution in [1.29, 1.82) is 0 Å². The standard InChI is InChI=1S/C10H13N5O2/c1-5-3-12-7(17-5)4-13-10(16)9-8(11)6(2)14-15-9/h3H,4,11H2,1-2H3,(H,13,16)(H,14,15). The van der Waals surface area contributed by atoms with Crippen molar-refractivity contribution in [3.8, 4) is 0 Å². The summed E-state index contributed by atoms with van der Waals surface area (Å²) in [5.41, 5.74) is 6.89. The van der Waals surface area contributed by atoms with Crippen LogP contribution in [-0.2, 0) is 6.54 Å². The van der Waals surface area contributed by atoms with Crippen LogP contribution in [0.5, 0.6) is 0 Å². The second-order valence-electron chi connectivity index (χ2n) is 3.66. The van der Waals surface area contributed by atoms with Gasteiger partial charge in [-0.2, -0.15) is 5.10 Å². The van der Waals surface area contributed by atoms with Crippen LogP contribution < -0.4 is 11.1 Å². The largest absolute Gasteiger partial charge is 0.444 e. The van der Waals surface area contributed by atoms with Gasteiger partial charge in [-0.1, -0.05) is 0 Å². The van der Waals surface area contributed by atoms with Crippen molar-refractivity contribution in [1.82, 2.24) is 20.5 Å². The predicted molar refractivity (Wildman–Crippen MR) is 60.1 cm³/mol. The molecule has 0 saturated heterocycles. The maximum absolute atomic E-state index is 11.7. The highest BCUT2D eigenvalue weighted by Gasteiger charge is 2.15. The Morgan fingerprint density at radius 2 is 2.35 bits per heavy atom. The predicted octanol–water partition coefficient (Wildman–Crippen LogP) is 0.527. The van der Waals surface area contributed by atoms with Gasteiger partial charge in [0.2, 0.25) is 5.89 Å². The average molecular weight is 235 g/mol. The molecule has 90 valence electrons. The molecule has 0 atom stereocenters. The first-order chi connectivity index (χ1) is 8.08. The first-order valence-corrected chi connectivity index (χ1v) is 5.08. The summed E-state index contributed by atoms with van der Waals surface area (Å²) < 4.78 is 5.22. The molecule has 0 aliphatic rings. The average Bonchev–Trinajstić information content (AvgIpc) is 2.84. The molecule has 7 heteroatoms. The number of nitrogens with one attached hydrogen (secondary N) is 2. The fraction of sp³-hybridized carbons (Fsp3) is 0.300. The summed E-state index contributed by atoms with van der Waals surface area (Å²) in [7, 11) is 0. The number of carbonyl (C=O) groups excluding carboxylic acids is 1. The van der Waals surface area contributed by atoms with Gasteiger partial charge in [-0.3, -0.25) is 9.89 Å². The van der Waals surface area contributed by atoms with Gasteiger partial charge in [0.25, 0.3) is 5.91 Å². The van der Waals surface area contributed by atoms with Gasteiger partial charge >= 0.3 is 0 Å². The highest BCUT2D eigenvalue weighted by molar-refractivity contribution is 5.97. The van der Waals surface area contributed by atoms with Crippen LogP contribution in [0.2, 0.25) is 0 Å². The van der Waals surface area contributed by atoms with Gasteiger partial charge in [-0.25, -0.2) is 4.98 Å². The van der Waals surface area contributed by atoms with Gasteiger partial charge in [-0.05, 0) is 13.8 Å². The lowest BCUT2D eigenvalue weighted by Crippen LogP contribution is -2.24. The molecular weight excluding hydrogens is 222 g/mol. The Hall–Kier alpha value is -2.31. The highest BCUT2D eigenvalue weighted by Crippen LogP contribution is 2.12. The normalized spacial score (nSPS) is 10.5. The second-order valence-corrected chi connectivity index (χ2v) is 3.66. The minimum Gasteiger partial charge on any atom is -0.444 e. The molecule has 0 aromatic carbocycles. The molecule has 0 radical (unpaired) electrons. The van der Waals surface area contributed by atoms with E-state index >= 15 is 0 Å². The third-order valence-electron chi connectivity index (χ3n) is 2.28. The number of nitrogen functional groups attached to an aromatic ring is 1. The van der Waals surface area contributed by atoms with Crippen molar-refractivity contribution in [2.45, 2.75) is 20.4 Å². The number of rotatable bonds is 3. The number of aromatic nitrogens is 3. The van der Waals surface area contributed by atoms with Crippen LogP contribution in [0.15, 0.2) is 10.6 Å². The lowest BCUT2D eigenvalue weighted by Gasteiger charge is -2.00. The van der Waals surface area contributed by atoms with Crippen LogP contribution in [0.3, 0.4) is 0 Å². The molecule has 0 spiro atoms. The van der Waals surface area contributed by atoms with Crippen LogP contribution in [0.1, 0.15) is 27.8 Å². The SMILES string of the molecule is Cc1cnc(CNC(=O)c2n[nH]c(C)c2N)o1. The molecule has 0 aliphatic heterocycles. The van der Waals surface area contributed by atoms with Crippen molar-refractivity contribution in [3.05, 3.63) is 29.2 Å². The summed E-state index contributed by atoms with van der Waals surface area (Å²) >= 11 is 0. The van der Waals surface area contributed by atoms with E-state index in [4.69, 9.17) is 10.2 Å².